The van der Waals surface area contributed by atoms with Crippen molar-refractivity contribution >= 4 is 38.9 Å². The zero-order valence-electron chi connectivity index (χ0n) is 9.24. The van der Waals surface area contributed by atoms with Crippen LogP contribution in [0.4, 0.5) is 11.4 Å². The van der Waals surface area contributed by atoms with Crippen LogP contribution in [-0.4, -0.2) is 5.16 Å². The maximum Gasteiger partial charge on any atom is 0.161 e. The summed E-state index contributed by atoms with van der Waals surface area (Å²) in [6.45, 7) is 3.61. The first-order valence-corrected chi connectivity index (χ1v) is 6.04. The highest BCUT2D eigenvalue weighted by Crippen LogP contribution is 2.29. The molecule has 0 aliphatic heterocycles. The molecule has 0 aliphatic carbocycles. The van der Waals surface area contributed by atoms with Crippen molar-refractivity contribution in [3.05, 3.63) is 39.1 Å². The first-order chi connectivity index (χ1) is 8.08. The molecule has 1 aromatic heterocycles. The lowest BCUT2D eigenvalue weighted by Gasteiger charge is -1.96. The first kappa shape index (κ1) is 12.3. The van der Waals surface area contributed by atoms with Gasteiger partial charge in [0.15, 0.2) is 11.4 Å². The third-order valence-electron chi connectivity index (χ3n) is 2.16. The molecule has 17 heavy (non-hydrogen) atoms. The molecule has 1 heterocycles. The zero-order chi connectivity index (χ0) is 12.4. The van der Waals surface area contributed by atoms with Crippen molar-refractivity contribution in [1.82, 2.24) is 5.16 Å². The number of aromatic nitrogens is 1. The first-order valence-electron chi connectivity index (χ1n) is 4.87. The van der Waals surface area contributed by atoms with Crippen LogP contribution in [0.25, 0.3) is 0 Å². The summed E-state index contributed by atoms with van der Waals surface area (Å²) >= 11 is 9.27. The molecule has 0 spiro atoms. The minimum absolute atomic E-state index is 0.597. The minimum Gasteiger partial charge on any atom is -0.359 e. The molecule has 4 nitrogen and oxygen atoms in total. The quantitative estimate of drug-likeness (QED) is 0.722. The van der Waals surface area contributed by atoms with E-state index in [9.17, 15) is 0 Å². The second kappa shape index (κ2) is 4.98. The molecule has 88 valence electrons. The van der Waals surface area contributed by atoms with Crippen molar-refractivity contribution in [3.8, 4) is 0 Å². The lowest BCUT2D eigenvalue weighted by atomic mass is 10.3. The fourth-order valence-corrected chi connectivity index (χ4v) is 1.70. The van der Waals surface area contributed by atoms with Gasteiger partial charge in [-0.2, -0.15) is 5.11 Å². The summed E-state index contributed by atoms with van der Waals surface area (Å²) in [6.07, 6.45) is 0. The Hall–Kier alpha value is -1.20. The van der Waals surface area contributed by atoms with E-state index in [4.69, 9.17) is 16.1 Å². The molecule has 0 atom stereocenters. The standard InChI is InChI=1S/C11H9BrClN3O/c1-6-11(7(2)17-16-6)15-14-8-3-4-9(12)10(13)5-8/h3-5H,1-2H3. The van der Waals surface area contributed by atoms with Crippen LogP contribution in [-0.2, 0) is 0 Å². The van der Waals surface area contributed by atoms with E-state index >= 15 is 0 Å². The predicted octanol–water partition coefficient (Wildman–Crippen LogP) is 5.12. The van der Waals surface area contributed by atoms with E-state index in [1.54, 1.807) is 13.0 Å². The largest absolute Gasteiger partial charge is 0.359 e. The fraction of sp³-hybridized carbons (Fsp3) is 0.182. The molecule has 0 unspecified atom stereocenters. The highest BCUT2D eigenvalue weighted by atomic mass is 79.9. The number of hydrogen-bond donors (Lipinski definition) is 0. The summed E-state index contributed by atoms with van der Waals surface area (Å²) in [4.78, 5) is 0. The third-order valence-corrected chi connectivity index (χ3v) is 3.40. The number of aryl methyl sites for hydroxylation is 2. The van der Waals surface area contributed by atoms with Crippen molar-refractivity contribution < 1.29 is 4.52 Å². The molecular formula is C11H9BrClN3O. The van der Waals surface area contributed by atoms with Gasteiger partial charge < -0.3 is 4.52 Å². The van der Waals surface area contributed by atoms with Crippen molar-refractivity contribution in [2.75, 3.05) is 0 Å². The Kier molecular flexibility index (Phi) is 3.59. The maximum absolute atomic E-state index is 5.96. The van der Waals surface area contributed by atoms with E-state index in [2.05, 4.69) is 31.3 Å². The van der Waals surface area contributed by atoms with Crippen LogP contribution in [0, 0.1) is 13.8 Å². The summed E-state index contributed by atoms with van der Waals surface area (Å²) in [6, 6.07) is 5.37. The van der Waals surface area contributed by atoms with Crippen LogP contribution >= 0.6 is 27.5 Å². The summed E-state index contributed by atoms with van der Waals surface area (Å²) in [5, 5.41) is 12.6. The molecule has 0 aliphatic rings. The Labute approximate surface area is 112 Å². The molecule has 0 radical (unpaired) electrons. The number of rotatable bonds is 2. The predicted molar refractivity (Wildman–Crippen MR) is 69.3 cm³/mol. The number of halogens is 2. The van der Waals surface area contributed by atoms with E-state index in [1.165, 1.54) is 0 Å². The van der Waals surface area contributed by atoms with Gasteiger partial charge in [0, 0.05) is 4.47 Å². The van der Waals surface area contributed by atoms with Crippen LogP contribution in [0.15, 0.2) is 37.4 Å². The molecule has 1 aromatic carbocycles. The molecule has 0 N–H and O–H groups in total. The Balaban J connectivity index is 2.29. The van der Waals surface area contributed by atoms with Crippen LogP contribution < -0.4 is 0 Å². The topological polar surface area (TPSA) is 50.8 Å². The van der Waals surface area contributed by atoms with Crippen LogP contribution in [0.5, 0.6) is 0 Å². The third kappa shape index (κ3) is 2.73. The average molecular weight is 315 g/mol. The smallest absolute Gasteiger partial charge is 0.161 e. The van der Waals surface area contributed by atoms with Crippen molar-refractivity contribution in [3.63, 3.8) is 0 Å². The molecule has 0 bridgehead atoms. The molecule has 2 aromatic rings. The average Bonchev–Trinajstić information content (AvgIpc) is 2.61. The summed E-state index contributed by atoms with van der Waals surface area (Å²) < 4.78 is 5.82. The van der Waals surface area contributed by atoms with Gasteiger partial charge in [-0.05, 0) is 48.0 Å². The van der Waals surface area contributed by atoms with Gasteiger partial charge in [-0.15, -0.1) is 5.11 Å². The van der Waals surface area contributed by atoms with Gasteiger partial charge in [-0.25, -0.2) is 0 Å². The molecule has 0 amide bonds. The maximum atomic E-state index is 5.96. The molecule has 0 saturated carbocycles. The summed E-state index contributed by atoms with van der Waals surface area (Å²) in [7, 11) is 0. The number of benzene rings is 1. The highest BCUT2D eigenvalue weighted by Gasteiger charge is 2.07. The monoisotopic (exact) mass is 313 g/mol. The van der Waals surface area contributed by atoms with E-state index in [0.29, 0.717) is 22.2 Å². The zero-order valence-corrected chi connectivity index (χ0v) is 11.6. The normalized spacial score (nSPS) is 11.3. The van der Waals surface area contributed by atoms with E-state index in [0.717, 1.165) is 10.2 Å². The molecule has 0 saturated heterocycles. The van der Waals surface area contributed by atoms with Gasteiger partial charge in [-0.3, -0.25) is 0 Å². The Morgan fingerprint density at radius 3 is 2.65 bits per heavy atom. The summed E-state index contributed by atoms with van der Waals surface area (Å²) in [5.74, 6) is 0.648. The van der Waals surface area contributed by atoms with Crippen molar-refractivity contribution in [2.45, 2.75) is 13.8 Å². The second-order valence-corrected chi connectivity index (χ2v) is 4.73. The van der Waals surface area contributed by atoms with Crippen LogP contribution in [0.1, 0.15) is 11.5 Å². The SMILES string of the molecule is Cc1noc(C)c1N=Nc1ccc(Br)c(Cl)c1. The van der Waals surface area contributed by atoms with Gasteiger partial charge in [0.1, 0.15) is 5.69 Å². The Morgan fingerprint density at radius 2 is 2.06 bits per heavy atom. The number of hydrogen-bond acceptors (Lipinski definition) is 4. The Bertz CT molecular complexity index is 561. The summed E-state index contributed by atoms with van der Waals surface area (Å²) in [5.41, 5.74) is 2.05. The van der Waals surface area contributed by atoms with Gasteiger partial charge in [0.2, 0.25) is 0 Å². The van der Waals surface area contributed by atoms with Crippen LogP contribution in [0.3, 0.4) is 0 Å². The van der Waals surface area contributed by atoms with Crippen molar-refractivity contribution in [1.29, 1.82) is 0 Å². The molecular weight excluding hydrogens is 305 g/mol. The number of azo groups is 1. The van der Waals surface area contributed by atoms with Crippen molar-refractivity contribution in [2.24, 2.45) is 10.2 Å². The van der Waals surface area contributed by atoms with E-state index < -0.39 is 0 Å². The lowest BCUT2D eigenvalue weighted by Crippen LogP contribution is -1.71. The van der Waals surface area contributed by atoms with Crippen LogP contribution in [0.2, 0.25) is 5.02 Å². The molecule has 0 fully saturated rings. The highest BCUT2D eigenvalue weighted by molar-refractivity contribution is 9.10. The van der Waals surface area contributed by atoms with Gasteiger partial charge in [-0.1, -0.05) is 16.8 Å². The molecule has 2 rings (SSSR count). The number of nitrogens with zero attached hydrogens (tertiary/aromatic N) is 3. The molecule has 6 heteroatoms. The minimum atomic E-state index is 0.597. The van der Waals surface area contributed by atoms with E-state index in [-0.39, 0.29) is 0 Å². The van der Waals surface area contributed by atoms with Gasteiger partial charge >= 0.3 is 0 Å². The van der Waals surface area contributed by atoms with E-state index in [1.807, 2.05) is 19.1 Å². The lowest BCUT2D eigenvalue weighted by molar-refractivity contribution is 0.393. The van der Waals surface area contributed by atoms with Gasteiger partial charge in [0.25, 0.3) is 0 Å². The second-order valence-electron chi connectivity index (χ2n) is 3.47. The van der Waals surface area contributed by atoms with Gasteiger partial charge in [0.05, 0.1) is 10.7 Å². The Morgan fingerprint density at radius 1 is 1.29 bits per heavy atom. The fourth-order valence-electron chi connectivity index (χ4n) is 1.28.